The van der Waals surface area contributed by atoms with E-state index in [1.54, 1.807) is 12.1 Å². The first-order valence-electron chi connectivity index (χ1n) is 8.41. The first kappa shape index (κ1) is 15.0. The van der Waals surface area contributed by atoms with Gasteiger partial charge in [0, 0.05) is 11.6 Å². The van der Waals surface area contributed by atoms with E-state index in [4.69, 9.17) is 0 Å². The standard InChI is InChI=1S/C21H21NO2/c1-12-6-11-18-16-4-3-5-17(16)20(22-19(18)13(12)2)14-7-9-15(10-8-14)21(23)24/h3-4,6-11,16-17,20,22H,5H2,1-2H3,(H,23,24)/p-1. The molecule has 1 N–H and O–H groups in total. The van der Waals surface area contributed by atoms with Gasteiger partial charge < -0.3 is 15.2 Å². The van der Waals surface area contributed by atoms with Gasteiger partial charge in [0.25, 0.3) is 0 Å². The molecule has 3 atom stereocenters. The van der Waals surface area contributed by atoms with Gasteiger partial charge in [0.1, 0.15) is 0 Å². The first-order valence-corrected chi connectivity index (χ1v) is 8.41. The van der Waals surface area contributed by atoms with Crippen molar-refractivity contribution in [3.63, 3.8) is 0 Å². The number of benzene rings is 2. The number of nitrogens with one attached hydrogen (secondary N) is 1. The summed E-state index contributed by atoms with van der Waals surface area (Å²) in [6.45, 7) is 4.30. The monoisotopic (exact) mass is 318 g/mol. The maximum absolute atomic E-state index is 11.0. The maximum atomic E-state index is 11.0. The average Bonchev–Trinajstić information content (AvgIpc) is 3.07. The van der Waals surface area contributed by atoms with Crippen LogP contribution in [0, 0.1) is 19.8 Å². The first-order chi connectivity index (χ1) is 11.6. The molecule has 122 valence electrons. The normalized spacial score (nSPS) is 24.2. The van der Waals surface area contributed by atoms with Crippen LogP contribution in [0.1, 0.15) is 51.0 Å². The second kappa shape index (κ2) is 5.52. The van der Waals surface area contributed by atoms with Crippen LogP contribution < -0.4 is 10.4 Å². The second-order valence-electron chi connectivity index (χ2n) is 6.86. The molecule has 1 aliphatic carbocycles. The van der Waals surface area contributed by atoms with E-state index in [0.29, 0.717) is 11.8 Å². The Bertz CT molecular complexity index is 836. The van der Waals surface area contributed by atoms with Crippen LogP contribution >= 0.6 is 0 Å². The third-order valence-electron chi connectivity index (χ3n) is 5.57. The highest BCUT2D eigenvalue weighted by Crippen LogP contribution is 2.50. The Labute approximate surface area is 142 Å². The minimum absolute atomic E-state index is 0.189. The number of rotatable bonds is 2. The summed E-state index contributed by atoms with van der Waals surface area (Å²) < 4.78 is 0. The molecule has 4 rings (SSSR count). The highest BCUT2D eigenvalue weighted by atomic mass is 16.4. The van der Waals surface area contributed by atoms with Crippen molar-refractivity contribution in [2.24, 2.45) is 5.92 Å². The summed E-state index contributed by atoms with van der Waals surface area (Å²) in [5.74, 6) is -0.241. The van der Waals surface area contributed by atoms with Gasteiger partial charge in [0.05, 0.1) is 12.0 Å². The summed E-state index contributed by atoms with van der Waals surface area (Å²) >= 11 is 0. The maximum Gasteiger partial charge on any atom is 0.0715 e. The molecule has 1 aliphatic heterocycles. The Hall–Kier alpha value is -2.55. The predicted octanol–water partition coefficient (Wildman–Crippen LogP) is 3.49. The van der Waals surface area contributed by atoms with Gasteiger partial charge in [-0.1, -0.05) is 48.6 Å². The highest BCUT2D eigenvalue weighted by Gasteiger charge is 2.38. The molecule has 0 radical (unpaired) electrons. The summed E-state index contributed by atoms with van der Waals surface area (Å²) in [5, 5.41) is 14.7. The average molecular weight is 318 g/mol. The summed E-state index contributed by atoms with van der Waals surface area (Å²) in [6.07, 6.45) is 5.63. The van der Waals surface area contributed by atoms with Gasteiger partial charge in [-0.05, 0) is 54.0 Å². The van der Waals surface area contributed by atoms with Crippen molar-refractivity contribution < 1.29 is 9.90 Å². The van der Waals surface area contributed by atoms with E-state index >= 15 is 0 Å². The van der Waals surface area contributed by atoms with E-state index in [0.717, 1.165) is 12.0 Å². The van der Waals surface area contributed by atoms with E-state index in [1.807, 2.05) is 12.1 Å². The fourth-order valence-electron chi connectivity index (χ4n) is 4.08. The fraction of sp³-hybridized carbons (Fsp3) is 0.286. The Morgan fingerprint density at radius 2 is 1.88 bits per heavy atom. The fourth-order valence-corrected chi connectivity index (χ4v) is 4.08. The molecule has 0 saturated carbocycles. The Morgan fingerprint density at radius 3 is 2.58 bits per heavy atom. The van der Waals surface area contributed by atoms with E-state index in [1.165, 1.54) is 22.4 Å². The van der Waals surface area contributed by atoms with Crippen LogP contribution in [0.3, 0.4) is 0 Å². The summed E-state index contributed by atoms with van der Waals surface area (Å²) in [6, 6.07) is 11.7. The van der Waals surface area contributed by atoms with E-state index in [-0.39, 0.29) is 11.6 Å². The molecule has 0 bridgehead atoms. The molecule has 0 amide bonds. The summed E-state index contributed by atoms with van der Waals surface area (Å²) in [4.78, 5) is 11.0. The zero-order chi connectivity index (χ0) is 16.8. The molecule has 2 aliphatic rings. The number of allylic oxidation sites excluding steroid dienone is 2. The molecular formula is C21H20NO2-. The van der Waals surface area contributed by atoms with E-state index in [9.17, 15) is 9.90 Å². The smallest absolute Gasteiger partial charge is 0.0715 e. The van der Waals surface area contributed by atoms with Gasteiger partial charge in [-0.2, -0.15) is 0 Å². The number of carboxylic acids is 1. The minimum atomic E-state index is -1.13. The SMILES string of the molecule is Cc1ccc2c(c1C)NC(c1ccc(C(=O)[O-])cc1)C1CC=CC21. The molecule has 0 saturated heterocycles. The van der Waals surface area contributed by atoms with Gasteiger partial charge in [-0.25, -0.2) is 0 Å². The van der Waals surface area contributed by atoms with Crippen molar-refractivity contribution in [1.29, 1.82) is 0 Å². The zero-order valence-electron chi connectivity index (χ0n) is 13.9. The van der Waals surface area contributed by atoms with Crippen LogP contribution in [-0.4, -0.2) is 5.97 Å². The molecule has 2 aromatic carbocycles. The molecule has 0 fully saturated rings. The summed E-state index contributed by atoms with van der Waals surface area (Å²) in [7, 11) is 0. The van der Waals surface area contributed by atoms with E-state index in [2.05, 4.69) is 43.4 Å². The van der Waals surface area contributed by atoms with Crippen molar-refractivity contribution >= 4 is 11.7 Å². The number of fused-ring (bicyclic) bond motifs is 3. The Morgan fingerprint density at radius 1 is 1.12 bits per heavy atom. The predicted molar refractivity (Wildman–Crippen MR) is 93.0 cm³/mol. The van der Waals surface area contributed by atoms with Crippen molar-refractivity contribution in [2.45, 2.75) is 32.2 Å². The van der Waals surface area contributed by atoms with E-state index < -0.39 is 5.97 Å². The lowest BCUT2D eigenvalue weighted by Gasteiger charge is -2.38. The largest absolute Gasteiger partial charge is 0.545 e. The zero-order valence-corrected chi connectivity index (χ0v) is 13.9. The van der Waals surface area contributed by atoms with Gasteiger partial charge in [0.15, 0.2) is 0 Å². The molecule has 1 heterocycles. The molecular weight excluding hydrogens is 298 g/mol. The van der Waals surface area contributed by atoms with Crippen LogP contribution in [0.25, 0.3) is 0 Å². The van der Waals surface area contributed by atoms with Crippen LogP contribution in [0.5, 0.6) is 0 Å². The van der Waals surface area contributed by atoms with Gasteiger partial charge >= 0.3 is 0 Å². The number of carbonyl (C=O) groups is 1. The number of aromatic carboxylic acids is 1. The third-order valence-corrected chi connectivity index (χ3v) is 5.57. The number of hydrogen-bond acceptors (Lipinski definition) is 3. The quantitative estimate of drug-likeness (QED) is 0.862. The topological polar surface area (TPSA) is 52.2 Å². The number of hydrogen-bond donors (Lipinski definition) is 1. The van der Waals surface area contributed by atoms with Crippen molar-refractivity contribution in [3.05, 3.63) is 76.4 Å². The second-order valence-corrected chi connectivity index (χ2v) is 6.86. The van der Waals surface area contributed by atoms with Crippen LogP contribution in [0.4, 0.5) is 5.69 Å². The van der Waals surface area contributed by atoms with Crippen molar-refractivity contribution in [1.82, 2.24) is 0 Å². The van der Waals surface area contributed by atoms with Crippen molar-refractivity contribution in [3.8, 4) is 0 Å². The molecule has 3 unspecified atom stereocenters. The van der Waals surface area contributed by atoms with Gasteiger partial charge in [-0.3, -0.25) is 0 Å². The van der Waals surface area contributed by atoms with Gasteiger partial charge in [-0.15, -0.1) is 0 Å². The van der Waals surface area contributed by atoms with Gasteiger partial charge in [0.2, 0.25) is 0 Å². The minimum Gasteiger partial charge on any atom is -0.545 e. The van der Waals surface area contributed by atoms with Crippen molar-refractivity contribution in [2.75, 3.05) is 5.32 Å². The lowest BCUT2D eigenvalue weighted by molar-refractivity contribution is -0.255. The lowest BCUT2D eigenvalue weighted by atomic mass is 9.76. The lowest BCUT2D eigenvalue weighted by Crippen LogP contribution is -2.30. The molecule has 24 heavy (non-hydrogen) atoms. The molecule has 3 heteroatoms. The molecule has 0 aromatic heterocycles. The van der Waals surface area contributed by atoms with Crippen LogP contribution in [0.2, 0.25) is 0 Å². The van der Waals surface area contributed by atoms with Crippen LogP contribution in [0.15, 0.2) is 48.6 Å². The van der Waals surface area contributed by atoms with Crippen LogP contribution in [-0.2, 0) is 0 Å². The highest BCUT2D eigenvalue weighted by molar-refractivity contribution is 5.85. The summed E-state index contributed by atoms with van der Waals surface area (Å²) in [5.41, 5.74) is 6.54. The molecule has 0 spiro atoms. The number of aryl methyl sites for hydroxylation is 1. The molecule has 2 aromatic rings. The number of anilines is 1. The number of carbonyl (C=O) groups excluding carboxylic acids is 1. The third kappa shape index (κ3) is 2.23. The number of carboxylic acid groups (broad SMARTS) is 1. The Balaban J connectivity index is 1.77. The molecule has 3 nitrogen and oxygen atoms in total. The Kier molecular flexibility index (Phi) is 3.45.